The van der Waals surface area contributed by atoms with Crippen LogP contribution in [0.3, 0.4) is 0 Å². The second kappa shape index (κ2) is 7.34. The second-order valence-corrected chi connectivity index (χ2v) is 6.79. The summed E-state index contributed by atoms with van der Waals surface area (Å²) >= 11 is 0. The normalized spacial score (nSPS) is 18.8. The van der Waals surface area contributed by atoms with E-state index in [2.05, 4.69) is 20.8 Å². The van der Waals surface area contributed by atoms with Gasteiger partial charge in [0.2, 0.25) is 0 Å². The fraction of sp³-hybridized carbons (Fsp3) is 0.250. The number of amides is 3. The Hall–Kier alpha value is -3.75. The minimum Gasteiger partial charge on any atom is -0.494 e. The number of ether oxygens (including phenoxy) is 1. The lowest BCUT2D eigenvalue weighted by Gasteiger charge is -2.23. The van der Waals surface area contributed by atoms with Crippen molar-refractivity contribution < 1.29 is 14.3 Å². The molecule has 1 saturated heterocycles. The smallest absolute Gasteiger partial charge is 0.325 e. The van der Waals surface area contributed by atoms with E-state index in [1.807, 2.05) is 37.3 Å². The zero-order valence-corrected chi connectivity index (χ0v) is 16.1. The average molecular weight is 392 g/mol. The molecule has 2 aromatic carbocycles. The molecule has 9 nitrogen and oxygen atoms in total. The third-order valence-corrected chi connectivity index (χ3v) is 4.91. The van der Waals surface area contributed by atoms with Gasteiger partial charge in [-0.2, -0.15) is 0 Å². The van der Waals surface area contributed by atoms with Gasteiger partial charge in [0.1, 0.15) is 17.6 Å². The third-order valence-electron chi connectivity index (χ3n) is 4.91. The fourth-order valence-electron chi connectivity index (χ4n) is 3.38. The standard InChI is InChI=1S/C20H20N6O3/c1-3-29-17-10-5-4-7-14(17)12-25-18(27)20(2,22-19(25)28)15-8-6-9-16(11-15)26-13-21-23-24-26/h4-11,13H,3,12H2,1-2H3,(H,22,28). The number of urea groups is 1. The van der Waals surface area contributed by atoms with Gasteiger partial charge in [0.25, 0.3) is 5.91 Å². The molecular formula is C20H20N6O3. The van der Waals surface area contributed by atoms with E-state index in [0.29, 0.717) is 23.6 Å². The summed E-state index contributed by atoms with van der Waals surface area (Å²) in [4.78, 5) is 27.2. The molecule has 0 bridgehead atoms. The highest BCUT2D eigenvalue weighted by Gasteiger charge is 2.49. The van der Waals surface area contributed by atoms with Gasteiger partial charge in [-0.25, -0.2) is 9.48 Å². The highest BCUT2D eigenvalue weighted by Crippen LogP contribution is 2.32. The van der Waals surface area contributed by atoms with Crippen LogP contribution in [0.25, 0.3) is 5.69 Å². The maximum Gasteiger partial charge on any atom is 0.325 e. The number of para-hydroxylation sites is 1. The molecule has 4 rings (SSSR count). The summed E-state index contributed by atoms with van der Waals surface area (Å²) in [6.45, 7) is 4.21. The Balaban J connectivity index is 1.64. The maximum absolute atomic E-state index is 13.3. The summed E-state index contributed by atoms with van der Waals surface area (Å²) in [5, 5.41) is 14.0. The number of nitrogens with zero attached hydrogens (tertiary/aromatic N) is 5. The Labute approximate surface area is 167 Å². The maximum atomic E-state index is 13.3. The van der Waals surface area contributed by atoms with E-state index in [9.17, 15) is 9.59 Å². The zero-order valence-electron chi connectivity index (χ0n) is 16.1. The lowest BCUT2D eigenvalue weighted by molar-refractivity contribution is -0.131. The molecule has 1 aliphatic rings. The summed E-state index contributed by atoms with van der Waals surface area (Å²) < 4.78 is 7.11. The summed E-state index contributed by atoms with van der Waals surface area (Å²) in [7, 11) is 0. The van der Waals surface area contributed by atoms with E-state index in [0.717, 1.165) is 5.56 Å². The Morgan fingerprint density at radius 1 is 1.14 bits per heavy atom. The zero-order chi connectivity index (χ0) is 20.4. The lowest BCUT2D eigenvalue weighted by atomic mass is 9.91. The van der Waals surface area contributed by atoms with Crippen molar-refractivity contribution in [1.82, 2.24) is 30.4 Å². The van der Waals surface area contributed by atoms with Gasteiger partial charge in [-0.3, -0.25) is 9.69 Å². The number of hydrogen-bond donors (Lipinski definition) is 1. The first kappa shape index (κ1) is 18.6. The molecular weight excluding hydrogens is 372 g/mol. The number of nitrogens with one attached hydrogen (secondary N) is 1. The number of aromatic nitrogens is 4. The predicted molar refractivity (Wildman–Crippen MR) is 103 cm³/mol. The van der Waals surface area contributed by atoms with Crippen LogP contribution in [0.5, 0.6) is 5.75 Å². The molecule has 9 heteroatoms. The van der Waals surface area contributed by atoms with E-state index >= 15 is 0 Å². The molecule has 0 spiro atoms. The van der Waals surface area contributed by atoms with Gasteiger partial charge < -0.3 is 10.1 Å². The van der Waals surface area contributed by atoms with Crippen molar-refractivity contribution in [3.8, 4) is 11.4 Å². The van der Waals surface area contributed by atoms with Crippen molar-refractivity contribution in [3.05, 3.63) is 66.0 Å². The molecule has 1 fully saturated rings. The van der Waals surface area contributed by atoms with Gasteiger partial charge in [0, 0.05) is 5.56 Å². The summed E-state index contributed by atoms with van der Waals surface area (Å²) in [6, 6.07) is 14.1. The Morgan fingerprint density at radius 3 is 2.72 bits per heavy atom. The first-order valence-electron chi connectivity index (χ1n) is 9.21. The molecule has 0 radical (unpaired) electrons. The second-order valence-electron chi connectivity index (χ2n) is 6.79. The molecule has 1 unspecified atom stereocenters. The molecule has 0 aliphatic carbocycles. The first-order valence-corrected chi connectivity index (χ1v) is 9.21. The van der Waals surface area contributed by atoms with Crippen molar-refractivity contribution in [1.29, 1.82) is 0 Å². The van der Waals surface area contributed by atoms with Crippen LogP contribution in [0.2, 0.25) is 0 Å². The molecule has 29 heavy (non-hydrogen) atoms. The molecule has 1 aliphatic heterocycles. The summed E-state index contributed by atoms with van der Waals surface area (Å²) in [6.07, 6.45) is 1.47. The topological polar surface area (TPSA) is 102 Å². The molecule has 3 aromatic rings. The average Bonchev–Trinajstić information content (AvgIpc) is 3.34. The summed E-state index contributed by atoms with van der Waals surface area (Å²) in [5.74, 6) is 0.326. The van der Waals surface area contributed by atoms with E-state index in [1.165, 1.54) is 15.9 Å². The SMILES string of the molecule is CCOc1ccccc1CN1C(=O)NC(C)(c2cccc(-n3cnnn3)c2)C1=O. The summed E-state index contributed by atoms with van der Waals surface area (Å²) in [5.41, 5.74) is 0.909. The lowest BCUT2D eigenvalue weighted by Crippen LogP contribution is -2.40. The third kappa shape index (κ3) is 3.31. The van der Waals surface area contributed by atoms with E-state index in [1.54, 1.807) is 25.1 Å². The number of carbonyl (C=O) groups is 2. The van der Waals surface area contributed by atoms with E-state index in [4.69, 9.17) is 4.74 Å². The van der Waals surface area contributed by atoms with Crippen LogP contribution in [0.4, 0.5) is 4.79 Å². The highest BCUT2D eigenvalue weighted by atomic mass is 16.5. The van der Waals surface area contributed by atoms with Gasteiger partial charge in [-0.05, 0) is 48.0 Å². The fourth-order valence-corrected chi connectivity index (χ4v) is 3.38. The van der Waals surface area contributed by atoms with Gasteiger partial charge in [-0.1, -0.05) is 30.3 Å². The molecule has 1 atom stereocenters. The van der Waals surface area contributed by atoms with Crippen LogP contribution >= 0.6 is 0 Å². The van der Waals surface area contributed by atoms with Crippen LogP contribution in [0.15, 0.2) is 54.9 Å². The quantitative estimate of drug-likeness (QED) is 0.644. The molecule has 2 heterocycles. The molecule has 1 N–H and O–H groups in total. The first-order chi connectivity index (χ1) is 14.0. The molecule has 3 amide bonds. The minimum absolute atomic E-state index is 0.128. The van der Waals surface area contributed by atoms with Gasteiger partial charge >= 0.3 is 6.03 Å². The van der Waals surface area contributed by atoms with Crippen molar-refractivity contribution in [3.63, 3.8) is 0 Å². The largest absolute Gasteiger partial charge is 0.494 e. The van der Waals surface area contributed by atoms with E-state index in [-0.39, 0.29) is 12.5 Å². The number of imide groups is 1. The van der Waals surface area contributed by atoms with E-state index < -0.39 is 11.6 Å². The van der Waals surface area contributed by atoms with Crippen LogP contribution in [-0.2, 0) is 16.9 Å². The Morgan fingerprint density at radius 2 is 1.97 bits per heavy atom. The minimum atomic E-state index is -1.19. The monoisotopic (exact) mass is 392 g/mol. The van der Waals surface area contributed by atoms with Crippen molar-refractivity contribution in [2.45, 2.75) is 25.9 Å². The highest BCUT2D eigenvalue weighted by molar-refractivity contribution is 6.07. The Bertz CT molecular complexity index is 1050. The molecule has 0 saturated carbocycles. The van der Waals surface area contributed by atoms with Gasteiger partial charge in [0.15, 0.2) is 0 Å². The van der Waals surface area contributed by atoms with Crippen LogP contribution in [0.1, 0.15) is 25.0 Å². The molecule has 1 aromatic heterocycles. The Kier molecular flexibility index (Phi) is 4.71. The van der Waals surface area contributed by atoms with Crippen LogP contribution in [0, 0.1) is 0 Å². The number of rotatable bonds is 6. The molecule has 148 valence electrons. The number of carbonyl (C=O) groups excluding carboxylic acids is 2. The predicted octanol–water partition coefficient (Wildman–Crippen LogP) is 2.03. The van der Waals surface area contributed by atoms with Crippen LogP contribution in [-0.4, -0.2) is 43.7 Å². The number of tetrazole rings is 1. The van der Waals surface area contributed by atoms with Gasteiger partial charge in [0.05, 0.1) is 18.8 Å². The van der Waals surface area contributed by atoms with Crippen molar-refractivity contribution in [2.75, 3.05) is 6.61 Å². The van der Waals surface area contributed by atoms with Gasteiger partial charge in [-0.15, -0.1) is 5.10 Å². The number of hydrogen-bond acceptors (Lipinski definition) is 6. The van der Waals surface area contributed by atoms with Crippen molar-refractivity contribution >= 4 is 11.9 Å². The number of benzene rings is 2. The van der Waals surface area contributed by atoms with Crippen molar-refractivity contribution in [2.24, 2.45) is 0 Å². The van der Waals surface area contributed by atoms with Crippen LogP contribution < -0.4 is 10.1 Å².